The third-order valence-electron chi connectivity index (χ3n) is 4.67. The Morgan fingerprint density at radius 1 is 1.13 bits per heavy atom. The minimum absolute atomic E-state index is 0.0189. The molecule has 0 spiro atoms. The topological polar surface area (TPSA) is 107 Å². The van der Waals surface area contributed by atoms with E-state index in [1.165, 1.54) is 24.3 Å². The van der Waals surface area contributed by atoms with Gasteiger partial charge in [-0.2, -0.15) is 0 Å². The standard InChI is InChI=1S/C22H20FN3O4/c1-30-18-9-4-15(5-10-18)20(12-14-2-7-17(23)8-3-14)25-22(27)16-6-11-19(24)21(13-16)26(28)29/h2-11,13,20H,12,24H2,1H3,(H,25,27). The van der Waals surface area contributed by atoms with E-state index in [1.54, 1.807) is 31.4 Å². The summed E-state index contributed by atoms with van der Waals surface area (Å²) in [5.74, 6) is -0.168. The van der Waals surface area contributed by atoms with E-state index in [1.807, 2.05) is 12.1 Å². The molecule has 1 atom stereocenters. The number of rotatable bonds is 7. The molecule has 0 aliphatic heterocycles. The molecule has 3 aromatic carbocycles. The molecule has 7 nitrogen and oxygen atoms in total. The van der Waals surface area contributed by atoms with E-state index >= 15 is 0 Å². The molecule has 1 amide bonds. The summed E-state index contributed by atoms with van der Waals surface area (Å²) >= 11 is 0. The fourth-order valence-electron chi connectivity index (χ4n) is 3.03. The fourth-order valence-corrected chi connectivity index (χ4v) is 3.03. The van der Waals surface area contributed by atoms with Gasteiger partial charge in [0, 0.05) is 11.6 Å². The van der Waals surface area contributed by atoms with Crippen LogP contribution in [0.3, 0.4) is 0 Å². The van der Waals surface area contributed by atoms with Crippen LogP contribution in [-0.4, -0.2) is 17.9 Å². The Balaban J connectivity index is 1.89. The quantitative estimate of drug-likeness (QED) is 0.348. The summed E-state index contributed by atoms with van der Waals surface area (Å²) < 4.78 is 18.4. The number of hydrogen-bond acceptors (Lipinski definition) is 5. The molecule has 0 aliphatic carbocycles. The highest BCUT2D eigenvalue weighted by Gasteiger charge is 2.20. The average Bonchev–Trinajstić information content (AvgIpc) is 2.75. The number of benzene rings is 3. The van der Waals surface area contributed by atoms with Crippen molar-refractivity contribution in [1.82, 2.24) is 5.32 Å². The lowest BCUT2D eigenvalue weighted by molar-refractivity contribution is -0.383. The maximum Gasteiger partial charge on any atom is 0.292 e. The van der Waals surface area contributed by atoms with Crippen molar-refractivity contribution >= 4 is 17.3 Å². The maximum absolute atomic E-state index is 13.2. The van der Waals surface area contributed by atoms with Crippen LogP contribution in [0.2, 0.25) is 0 Å². The van der Waals surface area contributed by atoms with E-state index in [0.29, 0.717) is 12.2 Å². The summed E-state index contributed by atoms with van der Waals surface area (Å²) in [7, 11) is 1.56. The number of hydrogen-bond donors (Lipinski definition) is 2. The van der Waals surface area contributed by atoms with Crippen LogP contribution in [-0.2, 0) is 6.42 Å². The summed E-state index contributed by atoms with van der Waals surface area (Å²) in [5, 5.41) is 14.0. The molecule has 0 aromatic heterocycles. The van der Waals surface area contributed by atoms with Crippen molar-refractivity contribution in [2.75, 3.05) is 12.8 Å². The van der Waals surface area contributed by atoms with Crippen molar-refractivity contribution in [2.45, 2.75) is 12.5 Å². The van der Waals surface area contributed by atoms with E-state index in [2.05, 4.69) is 5.32 Å². The number of nitrogens with zero attached hydrogens (tertiary/aromatic N) is 1. The molecule has 154 valence electrons. The first-order chi connectivity index (χ1) is 14.4. The van der Waals surface area contributed by atoms with Gasteiger partial charge in [-0.3, -0.25) is 14.9 Å². The number of halogens is 1. The largest absolute Gasteiger partial charge is 0.497 e. The van der Waals surface area contributed by atoms with Crippen molar-refractivity contribution in [2.24, 2.45) is 0 Å². The molecular formula is C22H20FN3O4. The van der Waals surface area contributed by atoms with Gasteiger partial charge in [-0.05, 0) is 53.9 Å². The predicted octanol–water partition coefficient (Wildman–Crippen LogP) is 4.04. The number of methoxy groups -OCH3 is 1. The molecule has 0 saturated heterocycles. The second kappa shape index (κ2) is 9.04. The number of nitro groups is 1. The first-order valence-electron chi connectivity index (χ1n) is 9.10. The highest BCUT2D eigenvalue weighted by atomic mass is 19.1. The summed E-state index contributed by atoms with van der Waals surface area (Å²) in [6.45, 7) is 0. The number of nitrogen functional groups attached to an aromatic ring is 1. The monoisotopic (exact) mass is 409 g/mol. The Kier molecular flexibility index (Phi) is 6.26. The highest BCUT2D eigenvalue weighted by molar-refractivity contribution is 5.95. The molecule has 0 radical (unpaired) electrons. The molecule has 3 N–H and O–H groups in total. The number of carbonyl (C=O) groups is 1. The smallest absolute Gasteiger partial charge is 0.292 e. The van der Waals surface area contributed by atoms with Crippen molar-refractivity contribution in [3.63, 3.8) is 0 Å². The van der Waals surface area contributed by atoms with E-state index in [-0.39, 0.29) is 22.8 Å². The van der Waals surface area contributed by atoms with Crippen LogP contribution in [0.5, 0.6) is 5.75 Å². The summed E-state index contributed by atoms with van der Waals surface area (Å²) in [4.78, 5) is 23.3. The Labute approximate surface area is 172 Å². The summed E-state index contributed by atoms with van der Waals surface area (Å²) in [5.41, 5.74) is 7.00. The van der Waals surface area contributed by atoms with E-state index in [9.17, 15) is 19.3 Å². The van der Waals surface area contributed by atoms with E-state index in [0.717, 1.165) is 17.2 Å². The average molecular weight is 409 g/mol. The minimum atomic E-state index is -0.633. The van der Waals surface area contributed by atoms with Gasteiger partial charge < -0.3 is 15.8 Å². The normalized spacial score (nSPS) is 11.5. The number of nitro benzene ring substituents is 1. The van der Waals surface area contributed by atoms with Gasteiger partial charge in [-0.15, -0.1) is 0 Å². The molecule has 3 rings (SSSR count). The Hall–Kier alpha value is -3.94. The first kappa shape index (κ1) is 20.8. The zero-order chi connectivity index (χ0) is 21.7. The lowest BCUT2D eigenvalue weighted by Gasteiger charge is -2.20. The zero-order valence-corrected chi connectivity index (χ0v) is 16.2. The van der Waals surface area contributed by atoms with Crippen LogP contribution < -0.4 is 15.8 Å². The zero-order valence-electron chi connectivity index (χ0n) is 16.2. The Morgan fingerprint density at radius 3 is 2.40 bits per heavy atom. The van der Waals surface area contributed by atoms with Crippen LogP contribution in [0.4, 0.5) is 15.8 Å². The van der Waals surface area contributed by atoms with Gasteiger partial charge >= 0.3 is 0 Å². The van der Waals surface area contributed by atoms with Crippen molar-refractivity contribution in [1.29, 1.82) is 0 Å². The number of amides is 1. The lowest BCUT2D eigenvalue weighted by Crippen LogP contribution is -2.30. The second-order valence-corrected chi connectivity index (χ2v) is 6.66. The molecule has 0 saturated carbocycles. The molecule has 0 aliphatic rings. The molecular weight excluding hydrogens is 389 g/mol. The van der Waals surface area contributed by atoms with E-state index in [4.69, 9.17) is 10.5 Å². The van der Waals surface area contributed by atoms with Gasteiger partial charge in [0.2, 0.25) is 0 Å². The number of carbonyl (C=O) groups excluding carboxylic acids is 1. The van der Waals surface area contributed by atoms with Crippen LogP contribution in [0.25, 0.3) is 0 Å². The van der Waals surface area contributed by atoms with Crippen LogP contribution in [0.15, 0.2) is 66.7 Å². The molecule has 0 bridgehead atoms. The molecule has 30 heavy (non-hydrogen) atoms. The number of nitrogens with one attached hydrogen (secondary N) is 1. The fraction of sp³-hybridized carbons (Fsp3) is 0.136. The number of ether oxygens (including phenoxy) is 1. The third-order valence-corrected chi connectivity index (χ3v) is 4.67. The Bertz CT molecular complexity index is 1050. The summed E-state index contributed by atoms with van der Waals surface area (Å²) in [6.07, 6.45) is 0.398. The minimum Gasteiger partial charge on any atom is -0.497 e. The predicted molar refractivity (Wildman–Crippen MR) is 111 cm³/mol. The molecule has 1 unspecified atom stereocenters. The maximum atomic E-state index is 13.2. The van der Waals surface area contributed by atoms with Crippen LogP contribution in [0, 0.1) is 15.9 Å². The van der Waals surface area contributed by atoms with Crippen molar-refractivity contribution in [3.8, 4) is 5.75 Å². The summed E-state index contributed by atoms with van der Waals surface area (Å²) in [6, 6.07) is 16.6. The van der Waals surface area contributed by atoms with Crippen molar-refractivity contribution < 1.29 is 18.8 Å². The number of anilines is 1. The van der Waals surface area contributed by atoms with Gasteiger partial charge in [0.25, 0.3) is 11.6 Å². The van der Waals surface area contributed by atoms with E-state index < -0.39 is 16.9 Å². The molecule has 0 fully saturated rings. The van der Waals surface area contributed by atoms with Gasteiger partial charge in [-0.25, -0.2) is 4.39 Å². The first-order valence-corrected chi connectivity index (χ1v) is 9.10. The second-order valence-electron chi connectivity index (χ2n) is 6.66. The lowest BCUT2D eigenvalue weighted by atomic mass is 9.98. The third kappa shape index (κ3) is 4.91. The highest BCUT2D eigenvalue weighted by Crippen LogP contribution is 2.25. The van der Waals surface area contributed by atoms with Crippen LogP contribution >= 0.6 is 0 Å². The SMILES string of the molecule is COc1ccc(C(Cc2ccc(F)cc2)NC(=O)c2ccc(N)c([N+](=O)[O-])c2)cc1. The van der Waals surface area contributed by atoms with Crippen molar-refractivity contribution in [3.05, 3.63) is 99.4 Å². The van der Waals surface area contributed by atoms with Gasteiger partial charge in [-0.1, -0.05) is 24.3 Å². The number of nitrogens with two attached hydrogens (primary N) is 1. The Morgan fingerprint density at radius 2 is 1.80 bits per heavy atom. The molecule has 8 heteroatoms. The van der Waals surface area contributed by atoms with Gasteiger partial charge in [0.1, 0.15) is 17.3 Å². The van der Waals surface area contributed by atoms with Gasteiger partial charge in [0.05, 0.1) is 18.1 Å². The van der Waals surface area contributed by atoms with Crippen LogP contribution in [0.1, 0.15) is 27.5 Å². The molecule has 3 aromatic rings. The van der Waals surface area contributed by atoms with Gasteiger partial charge in [0.15, 0.2) is 0 Å². The molecule has 0 heterocycles.